The van der Waals surface area contributed by atoms with Crippen molar-refractivity contribution in [1.82, 2.24) is 0 Å². The highest BCUT2D eigenvalue weighted by Crippen LogP contribution is 2.39. The van der Waals surface area contributed by atoms with Crippen molar-refractivity contribution in [3.8, 4) is 0 Å². The number of halogens is 5. The second kappa shape index (κ2) is 5.42. The van der Waals surface area contributed by atoms with Crippen LogP contribution in [0.25, 0.3) is 0 Å². The van der Waals surface area contributed by atoms with Gasteiger partial charge in [-0.05, 0) is 40.2 Å². The average Bonchev–Trinajstić information content (AvgIpc) is 2.37. The molecule has 0 unspecified atom stereocenters. The Bertz CT molecular complexity index is 785. The Hall–Kier alpha value is -1.41. The molecule has 0 aliphatic rings. The average molecular weight is 383 g/mol. The van der Waals surface area contributed by atoms with Crippen molar-refractivity contribution >= 4 is 25.8 Å². The zero-order valence-electron chi connectivity index (χ0n) is 10.2. The fraction of sp³-hybridized carbons (Fsp3) is 0.0769. The molecule has 2 aromatic carbocycles. The third-order valence-electron chi connectivity index (χ3n) is 2.67. The van der Waals surface area contributed by atoms with Crippen LogP contribution in [0.2, 0.25) is 0 Å². The predicted molar refractivity (Wildman–Crippen MR) is 71.0 cm³/mol. The van der Waals surface area contributed by atoms with E-state index in [0.717, 1.165) is 18.2 Å². The molecule has 0 saturated carbocycles. The molecule has 0 bridgehead atoms. The van der Waals surface area contributed by atoms with Crippen molar-refractivity contribution in [3.63, 3.8) is 0 Å². The number of alkyl halides is 3. The SMILES string of the molecule is O=S(=O)(c1ccccc1Br)c1cccc(F)c1C(F)(F)F. The Balaban J connectivity index is 2.79. The zero-order valence-corrected chi connectivity index (χ0v) is 12.6. The molecule has 0 aliphatic carbocycles. The number of sulfone groups is 1. The van der Waals surface area contributed by atoms with Crippen LogP contribution in [-0.4, -0.2) is 8.42 Å². The topological polar surface area (TPSA) is 34.1 Å². The van der Waals surface area contributed by atoms with Crippen molar-refractivity contribution in [2.75, 3.05) is 0 Å². The van der Waals surface area contributed by atoms with Gasteiger partial charge in [-0.15, -0.1) is 0 Å². The van der Waals surface area contributed by atoms with Gasteiger partial charge in [0, 0.05) is 4.47 Å². The number of benzene rings is 2. The standard InChI is InChI=1S/C13H7BrF4O2S/c14-8-4-1-2-6-10(8)21(19,20)11-7-3-5-9(15)12(11)13(16,17)18/h1-7H. The van der Waals surface area contributed by atoms with Crippen molar-refractivity contribution < 1.29 is 26.0 Å². The van der Waals surface area contributed by atoms with Gasteiger partial charge in [-0.1, -0.05) is 18.2 Å². The monoisotopic (exact) mass is 382 g/mol. The molecule has 8 heteroatoms. The Morgan fingerprint density at radius 2 is 1.48 bits per heavy atom. The highest BCUT2D eigenvalue weighted by Gasteiger charge is 2.40. The second-order valence-electron chi connectivity index (χ2n) is 4.04. The van der Waals surface area contributed by atoms with Gasteiger partial charge in [-0.2, -0.15) is 13.2 Å². The van der Waals surface area contributed by atoms with E-state index < -0.39 is 32.3 Å². The zero-order chi connectivity index (χ0) is 15.8. The molecule has 0 heterocycles. The first kappa shape index (κ1) is 16.0. The van der Waals surface area contributed by atoms with Gasteiger partial charge in [0.15, 0.2) is 0 Å². The molecule has 0 aromatic heterocycles. The third-order valence-corrected chi connectivity index (χ3v) is 5.48. The normalized spacial score (nSPS) is 12.4. The van der Waals surface area contributed by atoms with Crippen LogP contribution >= 0.6 is 15.9 Å². The first-order valence-electron chi connectivity index (χ1n) is 5.51. The molecule has 0 fully saturated rings. The third kappa shape index (κ3) is 2.96. The molecular weight excluding hydrogens is 376 g/mol. The summed E-state index contributed by atoms with van der Waals surface area (Å²) in [6.07, 6.45) is -5.12. The fourth-order valence-electron chi connectivity index (χ4n) is 1.78. The highest BCUT2D eigenvalue weighted by molar-refractivity contribution is 9.10. The second-order valence-corrected chi connectivity index (χ2v) is 6.79. The number of hydrogen-bond donors (Lipinski definition) is 0. The van der Waals surface area contributed by atoms with Crippen molar-refractivity contribution in [1.29, 1.82) is 0 Å². The Labute approximate surface area is 126 Å². The van der Waals surface area contributed by atoms with Crippen LogP contribution in [0.3, 0.4) is 0 Å². The summed E-state index contributed by atoms with van der Waals surface area (Å²) in [5.74, 6) is -1.63. The summed E-state index contributed by atoms with van der Waals surface area (Å²) >= 11 is 2.97. The van der Waals surface area contributed by atoms with E-state index in [-0.39, 0.29) is 9.37 Å². The molecule has 21 heavy (non-hydrogen) atoms. The minimum Gasteiger partial charge on any atom is -0.218 e. The van der Waals surface area contributed by atoms with Crippen LogP contribution < -0.4 is 0 Å². The first-order valence-corrected chi connectivity index (χ1v) is 7.78. The lowest BCUT2D eigenvalue weighted by molar-refractivity contribution is -0.142. The van der Waals surface area contributed by atoms with E-state index in [9.17, 15) is 26.0 Å². The molecule has 0 N–H and O–H groups in total. The summed E-state index contributed by atoms with van der Waals surface area (Å²) in [4.78, 5) is -1.47. The van der Waals surface area contributed by atoms with Crippen molar-refractivity contribution in [2.45, 2.75) is 16.0 Å². The lowest BCUT2D eigenvalue weighted by Gasteiger charge is -2.14. The largest absolute Gasteiger partial charge is 0.420 e. The molecule has 0 atom stereocenters. The molecule has 2 rings (SSSR count). The first-order chi connectivity index (χ1) is 9.65. The summed E-state index contributed by atoms with van der Waals surface area (Å²) in [6, 6.07) is 7.63. The molecule has 0 amide bonds. The minimum atomic E-state index is -5.12. The van der Waals surface area contributed by atoms with E-state index in [1.807, 2.05) is 0 Å². The van der Waals surface area contributed by atoms with Crippen LogP contribution in [0.5, 0.6) is 0 Å². The quantitative estimate of drug-likeness (QED) is 0.719. The van der Waals surface area contributed by atoms with Crippen LogP contribution in [0, 0.1) is 5.82 Å². The maximum absolute atomic E-state index is 13.5. The minimum absolute atomic E-state index is 0.0994. The lowest BCUT2D eigenvalue weighted by Crippen LogP contribution is -2.16. The highest BCUT2D eigenvalue weighted by atomic mass is 79.9. The van der Waals surface area contributed by atoms with Gasteiger partial charge in [-0.25, -0.2) is 12.8 Å². The Kier molecular flexibility index (Phi) is 4.12. The van der Waals surface area contributed by atoms with Gasteiger partial charge in [-0.3, -0.25) is 0 Å². The maximum Gasteiger partial charge on any atom is 0.420 e. The van der Waals surface area contributed by atoms with E-state index in [1.165, 1.54) is 18.2 Å². The van der Waals surface area contributed by atoms with E-state index >= 15 is 0 Å². The predicted octanol–water partition coefficient (Wildman–Crippen LogP) is 4.44. The lowest BCUT2D eigenvalue weighted by atomic mass is 10.2. The summed E-state index contributed by atoms with van der Waals surface area (Å²) in [5, 5.41) is 0. The molecule has 2 nitrogen and oxygen atoms in total. The van der Waals surface area contributed by atoms with Gasteiger partial charge in [0.25, 0.3) is 0 Å². The maximum atomic E-state index is 13.5. The Morgan fingerprint density at radius 1 is 0.905 bits per heavy atom. The van der Waals surface area contributed by atoms with Crippen LogP contribution in [0.1, 0.15) is 5.56 Å². The molecule has 0 aliphatic heterocycles. The molecule has 2 aromatic rings. The summed E-state index contributed by atoms with van der Waals surface area (Å²) in [6.45, 7) is 0. The van der Waals surface area contributed by atoms with Crippen molar-refractivity contribution in [2.24, 2.45) is 0 Å². The van der Waals surface area contributed by atoms with E-state index in [0.29, 0.717) is 6.07 Å². The molecule has 0 radical (unpaired) electrons. The van der Waals surface area contributed by atoms with E-state index in [2.05, 4.69) is 15.9 Å². The van der Waals surface area contributed by atoms with Crippen LogP contribution in [-0.2, 0) is 16.0 Å². The van der Waals surface area contributed by atoms with E-state index in [4.69, 9.17) is 0 Å². The van der Waals surface area contributed by atoms with Crippen LogP contribution in [0.4, 0.5) is 17.6 Å². The summed E-state index contributed by atoms with van der Waals surface area (Å²) in [7, 11) is -4.51. The molecule has 112 valence electrons. The number of rotatable bonds is 2. The summed E-state index contributed by atoms with van der Waals surface area (Å²) < 4.78 is 77.2. The smallest absolute Gasteiger partial charge is 0.218 e. The number of hydrogen-bond acceptors (Lipinski definition) is 2. The summed E-state index contributed by atoms with van der Waals surface area (Å²) in [5.41, 5.74) is -1.79. The molecular formula is C13H7BrF4O2S. The van der Waals surface area contributed by atoms with E-state index in [1.54, 1.807) is 0 Å². The Morgan fingerprint density at radius 3 is 2.05 bits per heavy atom. The van der Waals surface area contributed by atoms with Gasteiger partial charge in [0.1, 0.15) is 11.4 Å². The van der Waals surface area contributed by atoms with Crippen molar-refractivity contribution in [3.05, 3.63) is 58.3 Å². The molecule has 0 saturated heterocycles. The van der Waals surface area contributed by atoms with Gasteiger partial charge in [0.2, 0.25) is 9.84 Å². The fourth-order valence-corrected chi connectivity index (χ4v) is 4.27. The van der Waals surface area contributed by atoms with Crippen LogP contribution in [0.15, 0.2) is 56.7 Å². The van der Waals surface area contributed by atoms with Gasteiger partial charge < -0.3 is 0 Å². The van der Waals surface area contributed by atoms with Gasteiger partial charge in [0.05, 0.1) is 9.79 Å². The molecule has 0 spiro atoms. The van der Waals surface area contributed by atoms with Gasteiger partial charge >= 0.3 is 6.18 Å².